The summed E-state index contributed by atoms with van der Waals surface area (Å²) in [5.74, 6) is -2.38. The molecule has 1 atom stereocenters. The number of aliphatic hydroxyl groups is 1. The first-order valence-electron chi connectivity index (χ1n) is 12.3. The summed E-state index contributed by atoms with van der Waals surface area (Å²) in [4.78, 5) is 39.5. The van der Waals surface area contributed by atoms with Crippen LogP contribution in [0.4, 0.5) is 5.69 Å². The number of amides is 1. The maximum atomic E-state index is 13.6. The molecule has 196 valence electrons. The summed E-state index contributed by atoms with van der Waals surface area (Å²) in [7, 11) is 1.50. The number of hydrogen-bond donors (Lipinski definition) is 2. The molecule has 0 aromatic heterocycles. The minimum atomic E-state index is -0.972. The smallest absolute Gasteiger partial charge is 0.307 e. The number of aliphatic hydroxyl groups excluding tert-OH is 1. The molecule has 2 N–H and O–H groups in total. The molecule has 0 aliphatic carbocycles. The largest absolute Gasteiger partial charge is 0.507 e. The number of para-hydroxylation sites is 1. The fourth-order valence-electron chi connectivity index (χ4n) is 4.72. The summed E-state index contributed by atoms with van der Waals surface area (Å²) in [6.07, 6.45) is -0.168. The monoisotopic (exact) mass is 513 g/mol. The molecule has 1 amide bonds. The van der Waals surface area contributed by atoms with Crippen LogP contribution in [0.15, 0.2) is 72.3 Å². The molecule has 4 rings (SSSR count). The van der Waals surface area contributed by atoms with Crippen LogP contribution in [0.1, 0.15) is 54.6 Å². The van der Waals surface area contributed by atoms with Crippen molar-refractivity contribution in [1.82, 2.24) is 0 Å². The minimum absolute atomic E-state index is 0.0386. The number of anilines is 1. The standard InChI is InChI=1S/C31H31NO6/c1-18-10-13-20(31(2,3)4)17-23(18)28(35)26-27(22-8-6-7-9-24(22)38-5)32(30(37)29(26)36)21-14-11-19(12-15-21)16-25(33)34/h6-15,17,27,35H,16H2,1-5H3,(H,33,34)/b28-26+. The van der Waals surface area contributed by atoms with Gasteiger partial charge >= 0.3 is 5.97 Å². The van der Waals surface area contributed by atoms with Gasteiger partial charge in [-0.05, 0) is 53.3 Å². The van der Waals surface area contributed by atoms with Crippen LogP contribution in [-0.4, -0.2) is 35.0 Å². The summed E-state index contributed by atoms with van der Waals surface area (Å²) in [6, 6.07) is 18.3. The minimum Gasteiger partial charge on any atom is -0.507 e. The van der Waals surface area contributed by atoms with Crippen molar-refractivity contribution in [2.75, 3.05) is 12.0 Å². The van der Waals surface area contributed by atoms with Crippen LogP contribution in [0.5, 0.6) is 5.75 Å². The van der Waals surface area contributed by atoms with E-state index in [0.29, 0.717) is 28.1 Å². The molecule has 0 bridgehead atoms. The number of ether oxygens (including phenoxy) is 1. The van der Waals surface area contributed by atoms with E-state index >= 15 is 0 Å². The third kappa shape index (κ3) is 4.92. The van der Waals surface area contributed by atoms with Gasteiger partial charge in [-0.1, -0.05) is 63.2 Å². The van der Waals surface area contributed by atoms with E-state index in [2.05, 4.69) is 20.8 Å². The van der Waals surface area contributed by atoms with E-state index in [4.69, 9.17) is 9.84 Å². The van der Waals surface area contributed by atoms with Gasteiger partial charge in [0.2, 0.25) is 0 Å². The Balaban J connectivity index is 1.96. The summed E-state index contributed by atoms with van der Waals surface area (Å²) in [5, 5.41) is 20.8. The Labute approximate surface area is 222 Å². The third-order valence-electron chi connectivity index (χ3n) is 6.81. The van der Waals surface area contributed by atoms with Crippen LogP contribution in [0.3, 0.4) is 0 Å². The number of benzene rings is 3. The van der Waals surface area contributed by atoms with Crippen LogP contribution in [-0.2, 0) is 26.2 Å². The first kappa shape index (κ1) is 26.7. The normalized spacial score (nSPS) is 17.1. The van der Waals surface area contributed by atoms with E-state index in [1.54, 1.807) is 48.5 Å². The van der Waals surface area contributed by atoms with Gasteiger partial charge in [0.25, 0.3) is 11.7 Å². The van der Waals surface area contributed by atoms with E-state index in [0.717, 1.165) is 11.1 Å². The van der Waals surface area contributed by atoms with Crippen LogP contribution in [0.2, 0.25) is 0 Å². The predicted molar refractivity (Wildman–Crippen MR) is 145 cm³/mol. The zero-order valence-corrected chi connectivity index (χ0v) is 22.1. The van der Waals surface area contributed by atoms with Gasteiger partial charge in [-0.25, -0.2) is 0 Å². The van der Waals surface area contributed by atoms with Gasteiger partial charge in [0, 0.05) is 16.8 Å². The van der Waals surface area contributed by atoms with Gasteiger partial charge in [-0.3, -0.25) is 19.3 Å². The Morgan fingerprint density at radius 3 is 2.24 bits per heavy atom. The fourth-order valence-corrected chi connectivity index (χ4v) is 4.72. The second kappa shape index (κ2) is 10.2. The molecule has 1 unspecified atom stereocenters. The number of carboxylic acids is 1. The molecule has 0 spiro atoms. The summed E-state index contributed by atoms with van der Waals surface area (Å²) < 4.78 is 5.58. The molecule has 7 heteroatoms. The average molecular weight is 514 g/mol. The molecule has 0 radical (unpaired) electrons. The first-order chi connectivity index (χ1) is 17.9. The topological polar surface area (TPSA) is 104 Å². The van der Waals surface area contributed by atoms with Crippen molar-refractivity contribution in [2.45, 2.75) is 45.6 Å². The molecule has 38 heavy (non-hydrogen) atoms. The second-order valence-electron chi connectivity index (χ2n) is 10.4. The highest BCUT2D eigenvalue weighted by atomic mass is 16.5. The maximum Gasteiger partial charge on any atom is 0.307 e. The predicted octanol–water partition coefficient (Wildman–Crippen LogP) is 5.55. The zero-order valence-electron chi connectivity index (χ0n) is 22.1. The van der Waals surface area contributed by atoms with Gasteiger partial charge in [0.05, 0.1) is 25.1 Å². The number of carboxylic acid groups (broad SMARTS) is 1. The lowest BCUT2D eigenvalue weighted by atomic mass is 9.84. The highest BCUT2D eigenvalue weighted by Gasteiger charge is 2.48. The van der Waals surface area contributed by atoms with Crippen LogP contribution >= 0.6 is 0 Å². The number of rotatable bonds is 6. The van der Waals surface area contributed by atoms with Crippen molar-refractivity contribution >= 4 is 29.1 Å². The van der Waals surface area contributed by atoms with Crippen molar-refractivity contribution in [3.05, 3.63) is 100 Å². The Morgan fingerprint density at radius 1 is 0.974 bits per heavy atom. The number of methoxy groups -OCH3 is 1. The molecule has 1 fully saturated rings. The van der Waals surface area contributed by atoms with E-state index in [-0.39, 0.29) is 23.2 Å². The Kier molecular flexibility index (Phi) is 7.14. The Hall–Kier alpha value is -4.39. The number of ketones is 1. The lowest BCUT2D eigenvalue weighted by molar-refractivity contribution is -0.136. The van der Waals surface area contributed by atoms with E-state index in [1.165, 1.54) is 12.0 Å². The van der Waals surface area contributed by atoms with Crippen molar-refractivity contribution in [1.29, 1.82) is 0 Å². The molecule has 7 nitrogen and oxygen atoms in total. The molecule has 1 aliphatic heterocycles. The van der Waals surface area contributed by atoms with Crippen molar-refractivity contribution in [3.8, 4) is 5.75 Å². The van der Waals surface area contributed by atoms with Gasteiger partial charge < -0.3 is 14.9 Å². The number of Topliss-reactive ketones (excluding diaryl/α,β-unsaturated/α-hetero) is 1. The summed E-state index contributed by atoms with van der Waals surface area (Å²) in [5.41, 5.74) is 3.47. The maximum absolute atomic E-state index is 13.6. The zero-order chi connectivity index (χ0) is 27.8. The van der Waals surface area contributed by atoms with E-state index in [9.17, 15) is 19.5 Å². The Bertz CT molecular complexity index is 1450. The molecule has 1 aliphatic rings. The number of carbonyl (C=O) groups excluding carboxylic acids is 2. The van der Waals surface area contributed by atoms with Gasteiger partial charge in [0.1, 0.15) is 11.5 Å². The van der Waals surface area contributed by atoms with Gasteiger partial charge in [-0.2, -0.15) is 0 Å². The van der Waals surface area contributed by atoms with Crippen LogP contribution in [0, 0.1) is 6.92 Å². The number of aliphatic carboxylic acids is 1. The van der Waals surface area contributed by atoms with Crippen LogP contribution < -0.4 is 9.64 Å². The molecular formula is C31H31NO6. The molecule has 1 saturated heterocycles. The highest BCUT2D eigenvalue weighted by molar-refractivity contribution is 6.51. The van der Waals surface area contributed by atoms with E-state index < -0.39 is 23.7 Å². The van der Waals surface area contributed by atoms with Gasteiger partial charge in [0.15, 0.2) is 0 Å². The van der Waals surface area contributed by atoms with Crippen molar-refractivity contribution < 1.29 is 29.3 Å². The van der Waals surface area contributed by atoms with Crippen molar-refractivity contribution in [3.63, 3.8) is 0 Å². The lowest BCUT2D eigenvalue weighted by Gasteiger charge is -2.27. The van der Waals surface area contributed by atoms with Crippen molar-refractivity contribution in [2.24, 2.45) is 0 Å². The molecule has 3 aromatic rings. The van der Waals surface area contributed by atoms with Gasteiger partial charge in [-0.15, -0.1) is 0 Å². The first-order valence-corrected chi connectivity index (χ1v) is 12.3. The van der Waals surface area contributed by atoms with E-state index in [1.807, 2.05) is 25.1 Å². The summed E-state index contributed by atoms with van der Waals surface area (Å²) >= 11 is 0. The number of carbonyl (C=O) groups is 3. The second-order valence-corrected chi connectivity index (χ2v) is 10.4. The number of aryl methyl sites for hydroxylation is 1. The fraction of sp³-hybridized carbons (Fsp3) is 0.258. The SMILES string of the molecule is COc1ccccc1C1/C(=C(\O)c2cc(C(C)(C)C)ccc2C)C(=O)C(=O)N1c1ccc(CC(=O)O)cc1. The molecule has 1 heterocycles. The average Bonchev–Trinajstić information content (AvgIpc) is 3.13. The molecule has 0 saturated carbocycles. The quantitative estimate of drug-likeness (QED) is 0.254. The Morgan fingerprint density at radius 2 is 1.63 bits per heavy atom. The van der Waals surface area contributed by atoms with Crippen LogP contribution in [0.25, 0.3) is 5.76 Å². The number of hydrogen-bond acceptors (Lipinski definition) is 5. The molecular weight excluding hydrogens is 482 g/mol. The third-order valence-corrected chi connectivity index (χ3v) is 6.81. The molecule has 3 aromatic carbocycles. The lowest BCUT2D eigenvalue weighted by Crippen LogP contribution is -2.29. The summed E-state index contributed by atoms with van der Waals surface area (Å²) in [6.45, 7) is 8.02. The highest BCUT2D eigenvalue weighted by Crippen LogP contribution is 2.45. The number of nitrogens with zero attached hydrogens (tertiary/aromatic N) is 1.